The summed E-state index contributed by atoms with van der Waals surface area (Å²) in [6.07, 6.45) is 0. The number of hydrogen-bond donors (Lipinski definition) is 1. The van der Waals surface area contributed by atoms with Crippen molar-refractivity contribution >= 4 is 17.5 Å². The Morgan fingerprint density at radius 1 is 1.09 bits per heavy atom. The minimum Gasteiger partial charge on any atom is -0.484 e. The zero-order valence-electron chi connectivity index (χ0n) is 13.5. The summed E-state index contributed by atoms with van der Waals surface area (Å²) in [5, 5.41) is 2.82. The normalized spacial score (nSPS) is 10.0. The van der Waals surface area contributed by atoms with Gasteiger partial charge in [0.2, 0.25) is 0 Å². The van der Waals surface area contributed by atoms with E-state index in [1.807, 2.05) is 25.1 Å². The second-order valence-electron chi connectivity index (χ2n) is 5.43. The van der Waals surface area contributed by atoms with Gasteiger partial charge in [0.15, 0.2) is 6.61 Å². The number of carbonyl (C=O) groups is 2. The Kier molecular flexibility index (Phi) is 5.36. The molecule has 23 heavy (non-hydrogen) atoms. The van der Waals surface area contributed by atoms with Gasteiger partial charge in [-0.2, -0.15) is 0 Å². The van der Waals surface area contributed by atoms with Crippen LogP contribution in [-0.4, -0.2) is 37.4 Å². The van der Waals surface area contributed by atoms with Gasteiger partial charge in [0.25, 0.3) is 11.8 Å². The highest BCUT2D eigenvalue weighted by atomic mass is 16.5. The molecule has 0 radical (unpaired) electrons. The number of ether oxygens (including phenoxy) is 1. The molecule has 0 unspecified atom stereocenters. The Morgan fingerprint density at radius 3 is 2.52 bits per heavy atom. The molecular formula is C18H20N2O3. The Labute approximate surface area is 135 Å². The number of hydrogen-bond acceptors (Lipinski definition) is 3. The molecule has 0 spiro atoms. The molecule has 2 rings (SSSR count). The molecule has 2 aromatic carbocycles. The first-order valence-electron chi connectivity index (χ1n) is 7.27. The largest absolute Gasteiger partial charge is 0.484 e. The first-order chi connectivity index (χ1) is 11.0. The third kappa shape index (κ3) is 4.85. The fourth-order valence-electron chi connectivity index (χ4n) is 1.93. The van der Waals surface area contributed by atoms with Crippen molar-refractivity contribution in [2.45, 2.75) is 6.92 Å². The van der Waals surface area contributed by atoms with E-state index in [1.165, 1.54) is 4.90 Å². The van der Waals surface area contributed by atoms with Gasteiger partial charge in [0.1, 0.15) is 5.75 Å². The van der Waals surface area contributed by atoms with Crippen molar-refractivity contribution in [1.29, 1.82) is 0 Å². The number of likely N-dealkylation sites (N-methyl/N-ethyl adjacent to an activating group) is 1. The lowest BCUT2D eigenvalue weighted by atomic mass is 10.1. The van der Waals surface area contributed by atoms with Crippen molar-refractivity contribution in [3.8, 4) is 5.75 Å². The molecule has 0 aliphatic heterocycles. The molecule has 0 aliphatic rings. The summed E-state index contributed by atoms with van der Waals surface area (Å²) in [5.74, 6) is 0.219. The summed E-state index contributed by atoms with van der Waals surface area (Å²) >= 11 is 0. The molecule has 1 N–H and O–H groups in total. The molecule has 5 heteroatoms. The molecule has 2 aromatic rings. The number of benzene rings is 2. The van der Waals surface area contributed by atoms with E-state index < -0.39 is 0 Å². The van der Waals surface area contributed by atoms with Crippen LogP contribution in [0.2, 0.25) is 0 Å². The van der Waals surface area contributed by atoms with Crippen LogP contribution in [0.4, 0.5) is 5.69 Å². The van der Waals surface area contributed by atoms with Crippen LogP contribution in [0.25, 0.3) is 0 Å². The van der Waals surface area contributed by atoms with Crippen LogP contribution in [0.5, 0.6) is 5.75 Å². The van der Waals surface area contributed by atoms with Crippen molar-refractivity contribution in [2.75, 3.05) is 26.0 Å². The topological polar surface area (TPSA) is 58.6 Å². The molecular weight excluding hydrogens is 292 g/mol. The number of rotatable bonds is 5. The van der Waals surface area contributed by atoms with Gasteiger partial charge < -0.3 is 15.0 Å². The SMILES string of the molecule is Cc1cccc(C(=O)Nc2cccc(OCC(=O)N(C)C)c2)c1. The summed E-state index contributed by atoms with van der Waals surface area (Å²) in [4.78, 5) is 25.2. The van der Waals surface area contributed by atoms with E-state index in [0.717, 1.165) is 5.56 Å². The number of nitrogens with one attached hydrogen (secondary N) is 1. The molecule has 5 nitrogen and oxygen atoms in total. The summed E-state index contributed by atoms with van der Waals surface area (Å²) < 4.78 is 5.43. The van der Waals surface area contributed by atoms with Gasteiger partial charge >= 0.3 is 0 Å². The van der Waals surface area contributed by atoms with Crippen molar-refractivity contribution in [1.82, 2.24) is 4.90 Å². The van der Waals surface area contributed by atoms with Crippen LogP contribution in [0.1, 0.15) is 15.9 Å². The van der Waals surface area contributed by atoms with E-state index in [4.69, 9.17) is 4.74 Å². The summed E-state index contributed by atoms with van der Waals surface area (Å²) in [6.45, 7) is 1.90. The highest BCUT2D eigenvalue weighted by Crippen LogP contribution is 2.18. The lowest BCUT2D eigenvalue weighted by molar-refractivity contribution is -0.130. The smallest absolute Gasteiger partial charge is 0.259 e. The quantitative estimate of drug-likeness (QED) is 0.923. The zero-order chi connectivity index (χ0) is 16.8. The van der Waals surface area contributed by atoms with Crippen LogP contribution in [0, 0.1) is 6.92 Å². The van der Waals surface area contributed by atoms with Gasteiger partial charge in [0, 0.05) is 31.4 Å². The number of anilines is 1. The van der Waals surface area contributed by atoms with E-state index in [1.54, 1.807) is 44.4 Å². The lowest BCUT2D eigenvalue weighted by Crippen LogP contribution is -2.27. The molecule has 0 atom stereocenters. The van der Waals surface area contributed by atoms with E-state index in [2.05, 4.69) is 5.32 Å². The first kappa shape index (κ1) is 16.5. The number of nitrogens with zero attached hydrogens (tertiary/aromatic N) is 1. The van der Waals surface area contributed by atoms with Gasteiger partial charge in [-0.3, -0.25) is 9.59 Å². The highest BCUT2D eigenvalue weighted by Gasteiger charge is 2.08. The Hall–Kier alpha value is -2.82. The third-order valence-electron chi connectivity index (χ3n) is 3.23. The zero-order valence-corrected chi connectivity index (χ0v) is 13.5. The van der Waals surface area contributed by atoms with Crippen LogP contribution in [0.15, 0.2) is 48.5 Å². The summed E-state index contributed by atoms with van der Waals surface area (Å²) in [7, 11) is 3.34. The molecule has 2 amide bonds. The van der Waals surface area contributed by atoms with Gasteiger partial charge in [-0.05, 0) is 31.2 Å². The molecule has 0 saturated heterocycles. The highest BCUT2D eigenvalue weighted by molar-refractivity contribution is 6.04. The minimum atomic E-state index is -0.185. The second kappa shape index (κ2) is 7.45. The van der Waals surface area contributed by atoms with Crippen LogP contribution in [0.3, 0.4) is 0 Å². The third-order valence-corrected chi connectivity index (χ3v) is 3.23. The van der Waals surface area contributed by atoms with Gasteiger partial charge in [-0.1, -0.05) is 23.8 Å². The van der Waals surface area contributed by atoms with Crippen molar-refractivity contribution in [3.63, 3.8) is 0 Å². The fourth-order valence-corrected chi connectivity index (χ4v) is 1.93. The molecule has 0 bridgehead atoms. The number of amides is 2. The van der Waals surface area contributed by atoms with E-state index in [9.17, 15) is 9.59 Å². The lowest BCUT2D eigenvalue weighted by Gasteiger charge is -2.12. The fraction of sp³-hybridized carbons (Fsp3) is 0.222. The molecule has 0 aliphatic carbocycles. The Morgan fingerprint density at radius 2 is 1.83 bits per heavy atom. The standard InChI is InChI=1S/C18H20N2O3/c1-13-6-4-7-14(10-13)18(22)19-15-8-5-9-16(11-15)23-12-17(21)20(2)3/h4-11H,12H2,1-3H3,(H,19,22). The molecule has 0 saturated carbocycles. The van der Waals surface area contributed by atoms with E-state index >= 15 is 0 Å². The summed E-state index contributed by atoms with van der Waals surface area (Å²) in [5.41, 5.74) is 2.24. The van der Waals surface area contributed by atoms with Crippen molar-refractivity contribution in [3.05, 3.63) is 59.7 Å². The summed E-state index contributed by atoms with van der Waals surface area (Å²) in [6, 6.07) is 14.3. The van der Waals surface area contributed by atoms with Crippen molar-refractivity contribution in [2.24, 2.45) is 0 Å². The van der Waals surface area contributed by atoms with Gasteiger partial charge in [-0.25, -0.2) is 0 Å². The van der Waals surface area contributed by atoms with Gasteiger partial charge in [-0.15, -0.1) is 0 Å². The van der Waals surface area contributed by atoms with Crippen LogP contribution < -0.4 is 10.1 Å². The van der Waals surface area contributed by atoms with Crippen LogP contribution >= 0.6 is 0 Å². The maximum absolute atomic E-state index is 12.2. The van der Waals surface area contributed by atoms with Crippen LogP contribution in [-0.2, 0) is 4.79 Å². The maximum atomic E-state index is 12.2. The van der Waals surface area contributed by atoms with E-state index in [-0.39, 0.29) is 18.4 Å². The Balaban J connectivity index is 2.02. The number of aryl methyl sites for hydroxylation is 1. The van der Waals surface area contributed by atoms with Crippen molar-refractivity contribution < 1.29 is 14.3 Å². The average Bonchev–Trinajstić information content (AvgIpc) is 2.52. The monoisotopic (exact) mass is 312 g/mol. The minimum absolute atomic E-state index is 0.0394. The van der Waals surface area contributed by atoms with Gasteiger partial charge in [0.05, 0.1) is 0 Å². The molecule has 0 fully saturated rings. The second-order valence-corrected chi connectivity index (χ2v) is 5.43. The molecule has 0 heterocycles. The average molecular weight is 312 g/mol. The number of carbonyl (C=O) groups excluding carboxylic acids is 2. The molecule has 0 aromatic heterocycles. The van der Waals surface area contributed by atoms with E-state index in [0.29, 0.717) is 17.0 Å². The predicted octanol–water partition coefficient (Wildman–Crippen LogP) is 2.71. The Bertz CT molecular complexity index is 711. The maximum Gasteiger partial charge on any atom is 0.259 e. The first-order valence-corrected chi connectivity index (χ1v) is 7.27. The molecule has 120 valence electrons. The predicted molar refractivity (Wildman–Crippen MR) is 89.8 cm³/mol.